The fourth-order valence-electron chi connectivity index (χ4n) is 3.39. The lowest BCUT2D eigenvalue weighted by Crippen LogP contribution is -2.22. The molecular weight excluding hydrogens is 334 g/mol. The van der Waals surface area contributed by atoms with Crippen LogP contribution in [0.25, 0.3) is 22.5 Å². The van der Waals surface area contributed by atoms with E-state index in [2.05, 4.69) is 23.5 Å². The number of benzene rings is 2. The number of carbonyl (C=O) groups is 1. The summed E-state index contributed by atoms with van der Waals surface area (Å²) in [6.07, 6.45) is 2.57. The van der Waals surface area contributed by atoms with Crippen LogP contribution in [0.15, 0.2) is 54.6 Å². The van der Waals surface area contributed by atoms with Gasteiger partial charge in [-0.25, -0.2) is 9.97 Å². The second kappa shape index (κ2) is 7.31. The molecule has 0 saturated carbocycles. The van der Waals surface area contributed by atoms with E-state index in [1.54, 1.807) is 0 Å². The zero-order valence-corrected chi connectivity index (χ0v) is 15.7. The maximum absolute atomic E-state index is 12.5. The molecule has 1 aromatic heterocycles. The Labute approximate surface area is 159 Å². The van der Waals surface area contributed by atoms with Gasteiger partial charge in [-0.05, 0) is 24.8 Å². The van der Waals surface area contributed by atoms with E-state index >= 15 is 0 Å². The summed E-state index contributed by atoms with van der Waals surface area (Å²) < 4.78 is 0. The maximum Gasteiger partial charge on any atom is 0.228 e. The van der Waals surface area contributed by atoms with E-state index in [9.17, 15) is 4.79 Å². The molecular formula is C23H23N3O. The first-order chi connectivity index (χ1) is 13.2. The van der Waals surface area contributed by atoms with Crippen LogP contribution in [-0.4, -0.2) is 15.9 Å². The number of anilines is 1. The predicted octanol–water partition coefficient (Wildman–Crippen LogP) is 4.89. The van der Waals surface area contributed by atoms with E-state index in [0.717, 1.165) is 47.5 Å². The van der Waals surface area contributed by atoms with Crippen LogP contribution in [0.3, 0.4) is 0 Å². The van der Waals surface area contributed by atoms with Gasteiger partial charge in [0.1, 0.15) is 5.69 Å². The largest absolute Gasteiger partial charge is 0.309 e. The lowest BCUT2D eigenvalue weighted by molar-refractivity contribution is -0.119. The summed E-state index contributed by atoms with van der Waals surface area (Å²) in [7, 11) is 0. The molecule has 136 valence electrons. The van der Waals surface area contributed by atoms with Crippen LogP contribution in [0, 0.1) is 5.92 Å². The molecule has 0 saturated heterocycles. The third-order valence-electron chi connectivity index (χ3n) is 5.22. The van der Waals surface area contributed by atoms with Crippen LogP contribution in [0.1, 0.15) is 31.5 Å². The van der Waals surface area contributed by atoms with E-state index in [0.29, 0.717) is 5.82 Å². The molecule has 3 aromatic rings. The minimum absolute atomic E-state index is 0.0138. The summed E-state index contributed by atoms with van der Waals surface area (Å²) in [5.41, 5.74) is 6.00. The Kier molecular flexibility index (Phi) is 4.71. The zero-order chi connectivity index (χ0) is 18.8. The average molecular weight is 357 g/mol. The molecule has 2 aromatic carbocycles. The number of amides is 1. The molecule has 4 rings (SSSR count). The molecule has 0 bridgehead atoms. The maximum atomic E-state index is 12.5. The zero-order valence-electron chi connectivity index (χ0n) is 15.7. The van der Waals surface area contributed by atoms with Crippen molar-refractivity contribution in [1.29, 1.82) is 0 Å². The van der Waals surface area contributed by atoms with Crippen LogP contribution in [-0.2, 0) is 17.6 Å². The lowest BCUT2D eigenvalue weighted by Gasteiger charge is -2.21. The summed E-state index contributed by atoms with van der Waals surface area (Å²) in [6, 6.07) is 18.3. The smallest absolute Gasteiger partial charge is 0.228 e. The van der Waals surface area contributed by atoms with Crippen molar-refractivity contribution in [1.82, 2.24) is 9.97 Å². The van der Waals surface area contributed by atoms with Crippen molar-refractivity contribution in [3.8, 4) is 22.5 Å². The van der Waals surface area contributed by atoms with Crippen LogP contribution in [0.4, 0.5) is 5.82 Å². The Morgan fingerprint density at radius 3 is 2.52 bits per heavy atom. The molecule has 0 aliphatic heterocycles. The topological polar surface area (TPSA) is 54.9 Å². The van der Waals surface area contributed by atoms with Gasteiger partial charge in [-0.3, -0.25) is 4.79 Å². The van der Waals surface area contributed by atoms with Crippen molar-refractivity contribution < 1.29 is 4.79 Å². The molecule has 1 amide bonds. The number of nitrogens with zero attached hydrogens (tertiary/aromatic N) is 2. The van der Waals surface area contributed by atoms with Gasteiger partial charge in [0.05, 0.1) is 11.4 Å². The van der Waals surface area contributed by atoms with E-state index in [4.69, 9.17) is 9.97 Å². The third kappa shape index (κ3) is 3.35. The molecule has 0 fully saturated rings. The normalized spacial score (nSPS) is 13.4. The average Bonchev–Trinajstić information content (AvgIpc) is 2.73. The lowest BCUT2D eigenvalue weighted by atomic mass is 9.91. The molecule has 0 radical (unpaired) electrons. The monoisotopic (exact) mass is 357 g/mol. The first-order valence-corrected chi connectivity index (χ1v) is 9.53. The molecule has 27 heavy (non-hydrogen) atoms. The number of rotatable bonds is 4. The van der Waals surface area contributed by atoms with Gasteiger partial charge < -0.3 is 5.32 Å². The van der Waals surface area contributed by atoms with Gasteiger partial charge in [0, 0.05) is 17.0 Å². The van der Waals surface area contributed by atoms with Crippen LogP contribution >= 0.6 is 0 Å². The Bertz CT molecular complexity index is 982. The summed E-state index contributed by atoms with van der Waals surface area (Å²) in [5, 5.41) is 3.02. The summed E-state index contributed by atoms with van der Waals surface area (Å²) in [6.45, 7) is 3.94. The van der Waals surface area contributed by atoms with Crippen molar-refractivity contribution in [2.75, 3.05) is 5.32 Å². The van der Waals surface area contributed by atoms with Gasteiger partial charge in [0.15, 0.2) is 5.82 Å². The number of carbonyl (C=O) groups excluding carboxylic acids is 1. The highest BCUT2D eigenvalue weighted by Gasteiger charge is 2.23. The molecule has 1 aliphatic carbocycles. The Morgan fingerprint density at radius 2 is 1.74 bits per heavy atom. The SMILES string of the molecule is CCC(C)C(=O)Nc1nc2c(nc1-c1ccccc1)-c1ccccc1CC2. The van der Waals surface area contributed by atoms with Crippen LogP contribution < -0.4 is 5.32 Å². The molecule has 1 aliphatic rings. The number of hydrogen-bond acceptors (Lipinski definition) is 3. The second-order valence-corrected chi connectivity index (χ2v) is 7.04. The summed E-state index contributed by atoms with van der Waals surface area (Å²) in [5.74, 6) is 0.483. The number of fused-ring (bicyclic) bond motifs is 3. The molecule has 1 unspecified atom stereocenters. The highest BCUT2D eigenvalue weighted by molar-refractivity contribution is 5.95. The highest BCUT2D eigenvalue weighted by atomic mass is 16.1. The minimum atomic E-state index is -0.0628. The highest BCUT2D eigenvalue weighted by Crippen LogP contribution is 2.35. The first-order valence-electron chi connectivity index (χ1n) is 9.53. The van der Waals surface area contributed by atoms with E-state index < -0.39 is 0 Å². The van der Waals surface area contributed by atoms with E-state index in [1.807, 2.05) is 50.2 Å². The Hall–Kier alpha value is -3.01. The van der Waals surface area contributed by atoms with Gasteiger partial charge >= 0.3 is 0 Å². The van der Waals surface area contributed by atoms with Gasteiger partial charge in [-0.15, -0.1) is 0 Å². The Balaban J connectivity index is 1.86. The van der Waals surface area contributed by atoms with E-state index in [1.165, 1.54) is 5.56 Å². The van der Waals surface area contributed by atoms with Gasteiger partial charge in [0.25, 0.3) is 0 Å². The van der Waals surface area contributed by atoms with Crippen molar-refractivity contribution >= 4 is 11.7 Å². The van der Waals surface area contributed by atoms with Crippen molar-refractivity contribution in [2.24, 2.45) is 5.92 Å². The third-order valence-corrected chi connectivity index (χ3v) is 5.22. The number of nitrogens with one attached hydrogen (secondary N) is 1. The molecule has 4 nitrogen and oxygen atoms in total. The quantitative estimate of drug-likeness (QED) is 0.723. The van der Waals surface area contributed by atoms with Crippen molar-refractivity contribution in [3.05, 3.63) is 65.9 Å². The standard InChI is InChI=1S/C23H23N3O/c1-3-15(2)23(27)26-22-20(17-10-5-4-6-11-17)25-21-18-12-8-7-9-16(18)13-14-19(21)24-22/h4-12,15H,3,13-14H2,1-2H3,(H,24,26,27). The predicted molar refractivity (Wildman–Crippen MR) is 108 cm³/mol. The Morgan fingerprint density at radius 1 is 1.00 bits per heavy atom. The van der Waals surface area contributed by atoms with Crippen molar-refractivity contribution in [3.63, 3.8) is 0 Å². The van der Waals surface area contributed by atoms with Crippen LogP contribution in [0.5, 0.6) is 0 Å². The van der Waals surface area contributed by atoms with Crippen molar-refractivity contribution in [2.45, 2.75) is 33.1 Å². The molecule has 0 spiro atoms. The number of aromatic nitrogens is 2. The molecule has 4 heteroatoms. The molecule has 1 N–H and O–H groups in total. The van der Waals surface area contributed by atoms with Crippen LogP contribution in [0.2, 0.25) is 0 Å². The van der Waals surface area contributed by atoms with Gasteiger partial charge in [0.2, 0.25) is 5.91 Å². The van der Waals surface area contributed by atoms with E-state index in [-0.39, 0.29) is 11.8 Å². The number of aryl methyl sites for hydroxylation is 2. The first kappa shape index (κ1) is 17.4. The second-order valence-electron chi connectivity index (χ2n) is 7.04. The summed E-state index contributed by atoms with van der Waals surface area (Å²) >= 11 is 0. The number of hydrogen-bond donors (Lipinski definition) is 1. The fourth-order valence-corrected chi connectivity index (χ4v) is 3.39. The van der Waals surface area contributed by atoms with Gasteiger partial charge in [-0.1, -0.05) is 68.4 Å². The summed E-state index contributed by atoms with van der Waals surface area (Å²) in [4.78, 5) is 22.4. The molecule has 1 heterocycles. The fraction of sp³-hybridized carbons (Fsp3) is 0.261. The van der Waals surface area contributed by atoms with Gasteiger partial charge in [-0.2, -0.15) is 0 Å². The molecule has 1 atom stereocenters. The minimum Gasteiger partial charge on any atom is -0.309 e.